The lowest BCUT2D eigenvalue weighted by Gasteiger charge is -2.24. The zero-order chi connectivity index (χ0) is 12.8. The van der Waals surface area contributed by atoms with Gasteiger partial charge in [-0.1, -0.05) is 19.3 Å². The molecule has 0 aromatic carbocycles. The maximum atomic E-state index is 12.0. The molecule has 0 atom stereocenters. The first-order chi connectivity index (χ1) is 8.77. The van der Waals surface area contributed by atoms with Crippen LogP contribution in [0.3, 0.4) is 0 Å². The van der Waals surface area contributed by atoms with Crippen molar-refractivity contribution in [2.24, 2.45) is 0 Å². The van der Waals surface area contributed by atoms with Crippen molar-refractivity contribution in [1.29, 1.82) is 0 Å². The zero-order valence-corrected chi connectivity index (χ0v) is 10.9. The van der Waals surface area contributed by atoms with Gasteiger partial charge in [-0.3, -0.25) is 9.59 Å². The molecule has 0 radical (unpaired) electrons. The van der Waals surface area contributed by atoms with Crippen LogP contribution in [-0.2, 0) is 9.59 Å². The Labute approximate surface area is 108 Å². The van der Waals surface area contributed by atoms with E-state index in [2.05, 4.69) is 10.6 Å². The van der Waals surface area contributed by atoms with E-state index in [1.54, 1.807) is 4.90 Å². The highest BCUT2D eigenvalue weighted by molar-refractivity contribution is 6.35. The molecule has 5 heteroatoms. The molecular weight excluding hydrogens is 230 g/mol. The minimum atomic E-state index is -0.413. The Bertz CT molecular complexity index is 293. The number of rotatable bonds is 1. The smallest absolute Gasteiger partial charge is 0.311 e. The van der Waals surface area contributed by atoms with Crippen LogP contribution in [0.5, 0.6) is 0 Å². The van der Waals surface area contributed by atoms with Crippen LogP contribution >= 0.6 is 0 Å². The van der Waals surface area contributed by atoms with Gasteiger partial charge in [0.25, 0.3) is 0 Å². The molecule has 5 nitrogen and oxygen atoms in total. The molecule has 1 aliphatic heterocycles. The Hall–Kier alpha value is -1.10. The topological polar surface area (TPSA) is 61.4 Å². The monoisotopic (exact) mass is 253 g/mol. The van der Waals surface area contributed by atoms with E-state index in [1.807, 2.05) is 0 Å². The van der Waals surface area contributed by atoms with Crippen LogP contribution in [0, 0.1) is 0 Å². The number of nitrogens with zero attached hydrogens (tertiary/aromatic N) is 1. The van der Waals surface area contributed by atoms with Crippen LogP contribution in [0.15, 0.2) is 0 Å². The molecule has 1 saturated heterocycles. The molecular formula is C13H23N3O2. The largest absolute Gasteiger partial charge is 0.345 e. The van der Waals surface area contributed by atoms with Crippen molar-refractivity contribution in [3.8, 4) is 0 Å². The first-order valence-electron chi connectivity index (χ1n) is 7.08. The number of carbonyl (C=O) groups excluding carboxylic acids is 2. The van der Waals surface area contributed by atoms with Crippen LogP contribution in [-0.4, -0.2) is 48.9 Å². The Kier molecular flexibility index (Phi) is 4.99. The quantitative estimate of drug-likeness (QED) is 0.659. The third kappa shape index (κ3) is 3.70. The van der Waals surface area contributed by atoms with Crippen LogP contribution in [0.25, 0.3) is 0 Å². The molecule has 1 heterocycles. The third-order valence-electron chi connectivity index (χ3n) is 3.76. The molecule has 0 bridgehead atoms. The summed E-state index contributed by atoms with van der Waals surface area (Å²) in [6.07, 6.45) is 6.52. The molecule has 2 fully saturated rings. The number of hydrogen-bond acceptors (Lipinski definition) is 3. The van der Waals surface area contributed by atoms with Gasteiger partial charge < -0.3 is 15.5 Å². The molecule has 2 rings (SSSR count). The minimum absolute atomic E-state index is 0.209. The van der Waals surface area contributed by atoms with Gasteiger partial charge in [0.15, 0.2) is 0 Å². The summed E-state index contributed by atoms with van der Waals surface area (Å²) in [6.45, 7) is 3.03. The van der Waals surface area contributed by atoms with E-state index < -0.39 is 5.91 Å². The summed E-state index contributed by atoms with van der Waals surface area (Å²) in [5, 5.41) is 6.11. The highest BCUT2D eigenvalue weighted by atomic mass is 16.2. The molecule has 2 N–H and O–H groups in total. The fourth-order valence-corrected chi connectivity index (χ4v) is 2.69. The van der Waals surface area contributed by atoms with Crippen LogP contribution < -0.4 is 10.6 Å². The standard InChI is InChI=1S/C13H23N3O2/c17-12(15-11-5-2-1-3-6-11)13(18)16-9-4-7-14-8-10-16/h11,14H,1-10H2,(H,15,17). The van der Waals surface area contributed by atoms with Gasteiger partial charge in [-0.05, 0) is 25.8 Å². The average molecular weight is 253 g/mol. The summed E-state index contributed by atoms with van der Waals surface area (Å²) < 4.78 is 0. The highest BCUT2D eigenvalue weighted by Crippen LogP contribution is 2.17. The van der Waals surface area contributed by atoms with Gasteiger partial charge in [0.2, 0.25) is 0 Å². The number of hydrogen-bond donors (Lipinski definition) is 2. The van der Waals surface area contributed by atoms with Gasteiger partial charge >= 0.3 is 11.8 Å². The van der Waals surface area contributed by atoms with E-state index in [0.29, 0.717) is 13.1 Å². The highest BCUT2D eigenvalue weighted by Gasteiger charge is 2.25. The van der Waals surface area contributed by atoms with Gasteiger partial charge in [0, 0.05) is 25.7 Å². The minimum Gasteiger partial charge on any atom is -0.345 e. The Morgan fingerprint density at radius 2 is 1.78 bits per heavy atom. The van der Waals surface area contributed by atoms with Crippen molar-refractivity contribution in [2.75, 3.05) is 26.2 Å². The van der Waals surface area contributed by atoms with Gasteiger partial charge in [-0.2, -0.15) is 0 Å². The maximum absolute atomic E-state index is 12.0. The van der Waals surface area contributed by atoms with Crippen molar-refractivity contribution in [3.63, 3.8) is 0 Å². The van der Waals surface area contributed by atoms with E-state index in [0.717, 1.165) is 45.2 Å². The summed E-state index contributed by atoms with van der Waals surface area (Å²) in [7, 11) is 0. The summed E-state index contributed by atoms with van der Waals surface area (Å²) >= 11 is 0. The summed E-state index contributed by atoms with van der Waals surface area (Å²) in [5.41, 5.74) is 0. The van der Waals surface area contributed by atoms with E-state index in [1.165, 1.54) is 6.42 Å². The van der Waals surface area contributed by atoms with Crippen molar-refractivity contribution in [1.82, 2.24) is 15.5 Å². The first-order valence-corrected chi connectivity index (χ1v) is 7.08. The van der Waals surface area contributed by atoms with Gasteiger partial charge in [0.05, 0.1) is 0 Å². The van der Waals surface area contributed by atoms with Crippen LogP contribution in [0.2, 0.25) is 0 Å². The predicted molar refractivity (Wildman–Crippen MR) is 69.1 cm³/mol. The lowest BCUT2D eigenvalue weighted by atomic mass is 9.95. The predicted octanol–water partition coefficient (Wildman–Crippen LogP) is 0.257. The maximum Gasteiger partial charge on any atom is 0.311 e. The summed E-state index contributed by atoms with van der Waals surface area (Å²) in [4.78, 5) is 25.6. The second kappa shape index (κ2) is 6.73. The normalized spacial score (nSPS) is 22.3. The van der Waals surface area contributed by atoms with Crippen molar-refractivity contribution >= 4 is 11.8 Å². The van der Waals surface area contributed by atoms with E-state index in [4.69, 9.17) is 0 Å². The third-order valence-corrected chi connectivity index (χ3v) is 3.76. The van der Waals surface area contributed by atoms with Crippen molar-refractivity contribution in [2.45, 2.75) is 44.6 Å². The van der Waals surface area contributed by atoms with Gasteiger partial charge in [0.1, 0.15) is 0 Å². The number of amides is 2. The fraction of sp³-hybridized carbons (Fsp3) is 0.846. The Morgan fingerprint density at radius 3 is 2.56 bits per heavy atom. The molecule has 18 heavy (non-hydrogen) atoms. The fourth-order valence-electron chi connectivity index (χ4n) is 2.69. The first kappa shape index (κ1) is 13.3. The molecule has 102 valence electrons. The van der Waals surface area contributed by atoms with E-state index in [9.17, 15) is 9.59 Å². The second-order valence-electron chi connectivity index (χ2n) is 5.20. The molecule has 2 aliphatic rings. The molecule has 0 unspecified atom stereocenters. The van der Waals surface area contributed by atoms with E-state index >= 15 is 0 Å². The van der Waals surface area contributed by atoms with Gasteiger partial charge in [-0.15, -0.1) is 0 Å². The molecule has 0 spiro atoms. The van der Waals surface area contributed by atoms with Crippen molar-refractivity contribution < 1.29 is 9.59 Å². The molecule has 1 saturated carbocycles. The lowest BCUT2D eigenvalue weighted by molar-refractivity contribution is -0.146. The SMILES string of the molecule is O=C(NC1CCCCC1)C(=O)N1CCCNCC1. The van der Waals surface area contributed by atoms with Crippen LogP contribution in [0.1, 0.15) is 38.5 Å². The molecule has 1 aliphatic carbocycles. The lowest BCUT2D eigenvalue weighted by Crippen LogP contribution is -2.47. The molecule has 0 aromatic heterocycles. The summed E-state index contributed by atoms with van der Waals surface area (Å²) in [5.74, 6) is -0.770. The number of carbonyl (C=O) groups is 2. The second-order valence-corrected chi connectivity index (χ2v) is 5.20. The van der Waals surface area contributed by atoms with Crippen molar-refractivity contribution in [3.05, 3.63) is 0 Å². The number of nitrogens with one attached hydrogen (secondary N) is 2. The average Bonchev–Trinajstić information content (AvgIpc) is 2.68. The van der Waals surface area contributed by atoms with E-state index in [-0.39, 0.29) is 11.9 Å². The Morgan fingerprint density at radius 1 is 1.00 bits per heavy atom. The molecule has 0 aromatic rings. The van der Waals surface area contributed by atoms with Gasteiger partial charge in [-0.25, -0.2) is 0 Å². The van der Waals surface area contributed by atoms with Crippen LogP contribution in [0.4, 0.5) is 0 Å². The summed E-state index contributed by atoms with van der Waals surface area (Å²) in [6, 6.07) is 0.209. The molecule has 2 amide bonds. The zero-order valence-electron chi connectivity index (χ0n) is 10.9. The Balaban J connectivity index is 1.81.